The zero-order chi connectivity index (χ0) is 19.8. The van der Waals surface area contributed by atoms with Crippen LogP contribution in [-0.4, -0.2) is 16.1 Å². The van der Waals surface area contributed by atoms with Gasteiger partial charge in [-0.2, -0.15) is 0 Å². The lowest BCUT2D eigenvalue weighted by molar-refractivity contribution is 0.479. The normalized spacial score (nSPS) is 11.7. The number of hydrogen-bond donors (Lipinski definition) is 1. The standard InChI is InChI=1S/C20H22ClN3O.C2H6/c1-3-17(22-4-2)19-23-18-12-15(21)10-11-16(18)20(25)24(19)13-14-8-6-5-7-9-14;1-2/h5-12,17,22H,3-4,13H2,1-2H3;1-2H3. The molecule has 0 radical (unpaired) electrons. The van der Waals surface area contributed by atoms with Gasteiger partial charge in [0.15, 0.2) is 0 Å². The highest BCUT2D eigenvalue weighted by Gasteiger charge is 2.18. The van der Waals surface area contributed by atoms with E-state index in [0.29, 0.717) is 22.5 Å². The van der Waals surface area contributed by atoms with Crippen LogP contribution in [0.15, 0.2) is 53.3 Å². The molecule has 27 heavy (non-hydrogen) atoms. The van der Waals surface area contributed by atoms with Crippen LogP contribution in [0.4, 0.5) is 0 Å². The number of nitrogens with zero attached hydrogens (tertiary/aromatic N) is 2. The Morgan fingerprint density at radius 2 is 1.81 bits per heavy atom. The summed E-state index contributed by atoms with van der Waals surface area (Å²) in [6.45, 7) is 9.46. The first-order valence-corrected chi connectivity index (χ1v) is 9.99. The molecular weight excluding hydrogens is 358 g/mol. The Hall–Kier alpha value is -2.17. The average Bonchev–Trinajstić information content (AvgIpc) is 2.70. The van der Waals surface area contributed by atoms with Crippen molar-refractivity contribution >= 4 is 22.5 Å². The molecule has 5 heteroatoms. The smallest absolute Gasteiger partial charge is 0.261 e. The summed E-state index contributed by atoms with van der Waals surface area (Å²) >= 11 is 6.10. The summed E-state index contributed by atoms with van der Waals surface area (Å²) in [5, 5.41) is 4.60. The topological polar surface area (TPSA) is 46.9 Å². The highest BCUT2D eigenvalue weighted by molar-refractivity contribution is 6.31. The Labute approximate surface area is 166 Å². The molecule has 3 rings (SSSR count). The molecule has 0 aliphatic heterocycles. The second-order valence-corrected chi connectivity index (χ2v) is 6.46. The van der Waals surface area contributed by atoms with Crippen LogP contribution >= 0.6 is 11.6 Å². The van der Waals surface area contributed by atoms with Gasteiger partial charge in [-0.3, -0.25) is 9.36 Å². The SMILES string of the molecule is CC.CCNC(CC)c1nc2cc(Cl)ccc2c(=O)n1Cc1ccccc1. The maximum absolute atomic E-state index is 13.1. The molecule has 1 heterocycles. The molecule has 1 atom stereocenters. The maximum atomic E-state index is 13.1. The average molecular weight is 386 g/mol. The maximum Gasteiger partial charge on any atom is 0.261 e. The van der Waals surface area contributed by atoms with Gasteiger partial charge >= 0.3 is 0 Å². The molecule has 0 aliphatic rings. The Bertz CT molecular complexity index is 922. The van der Waals surface area contributed by atoms with Gasteiger partial charge in [0.25, 0.3) is 5.56 Å². The lowest BCUT2D eigenvalue weighted by Gasteiger charge is -2.21. The van der Waals surface area contributed by atoms with Crippen LogP contribution in [0.25, 0.3) is 10.9 Å². The van der Waals surface area contributed by atoms with Crippen LogP contribution in [-0.2, 0) is 6.54 Å². The quantitative estimate of drug-likeness (QED) is 0.635. The molecule has 0 fully saturated rings. The fourth-order valence-electron chi connectivity index (χ4n) is 3.06. The molecule has 0 saturated carbocycles. The first-order chi connectivity index (χ1) is 13.1. The van der Waals surface area contributed by atoms with E-state index in [-0.39, 0.29) is 11.6 Å². The molecule has 3 aromatic rings. The molecule has 4 nitrogen and oxygen atoms in total. The third-order valence-electron chi connectivity index (χ3n) is 4.30. The molecule has 0 spiro atoms. The van der Waals surface area contributed by atoms with Crippen LogP contribution in [0, 0.1) is 0 Å². The summed E-state index contributed by atoms with van der Waals surface area (Å²) in [7, 11) is 0. The van der Waals surface area contributed by atoms with Gasteiger partial charge in [0.2, 0.25) is 0 Å². The Balaban J connectivity index is 0.00000126. The van der Waals surface area contributed by atoms with E-state index in [1.54, 1.807) is 22.8 Å². The van der Waals surface area contributed by atoms with Gasteiger partial charge in [-0.25, -0.2) is 4.98 Å². The predicted octanol–water partition coefficient (Wildman–Crippen LogP) is 5.19. The molecule has 144 valence electrons. The lowest BCUT2D eigenvalue weighted by atomic mass is 10.1. The summed E-state index contributed by atoms with van der Waals surface area (Å²) in [5.74, 6) is 0.757. The Kier molecular flexibility index (Phi) is 8.01. The number of aromatic nitrogens is 2. The number of hydrogen-bond acceptors (Lipinski definition) is 3. The molecule has 1 N–H and O–H groups in total. The van der Waals surface area contributed by atoms with E-state index in [1.165, 1.54) is 0 Å². The molecule has 0 amide bonds. The highest BCUT2D eigenvalue weighted by Crippen LogP contribution is 2.20. The van der Waals surface area contributed by atoms with Gasteiger partial charge in [-0.1, -0.05) is 69.6 Å². The van der Waals surface area contributed by atoms with Gasteiger partial charge in [0, 0.05) is 5.02 Å². The number of fused-ring (bicyclic) bond motifs is 1. The number of halogens is 1. The number of nitrogens with one attached hydrogen (secondary N) is 1. The van der Waals surface area contributed by atoms with Crippen molar-refractivity contribution in [1.82, 2.24) is 14.9 Å². The monoisotopic (exact) mass is 385 g/mol. The second-order valence-electron chi connectivity index (χ2n) is 6.03. The van der Waals surface area contributed by atoms with Gasteiger partial charge in [0.1, 0.15) is 5.82 Å². The largest absolute Gasteiger partial charge is 0.308 e. The summed E-state index contributed by atoms with van der Waals surface area (Å²) in [5.41, 5.74) is 1.69. The lowest BCUT2D eigenvalue weighted by Crippen LogP contribution is -2.32. The van der Waals surface area contributed by atoms with Crippen molar-refractivity contribution in [1.29, 1.82) is 0 Å². The molecule has 1 unspecified atom stereocenters. The summed E-state index contributed by atoms with van der Waals surface area (Å²) in [6, 6.07) is 15.3. The second kappa shape index (κ2) is 10.2. The van der Waals surface area contributed by atoms with E-state index >= 15 is 0 Å². The molecule has 0 saturated heterocycles. The third kappa shape index (κ3) is 4.96. The van der Waals surface area contributed by atoms with Crippen LogP contribution in [0.2, 0.25) is 5.02 Å². The van der Waals surface area contributed by atoms with E-state index in [0.717, 1.165) is 24.4 Å². The Morgan fingerprint density at radius 3 is 2.44 bits per heavy atom. The van der Waals surface area contributed by atoms with Crippen molar-refractivity contribution in [2.45, 2.75) is 46.7 Å². The van der Waals surface area contributed by atoms with E-state index in [4.69, 9.17) is 16.6 Å². The summed E-state index contributed by atoms with van der Waals surface area (Å²) in [4.78, 5) is 17.9. The first-order valence-electron chi connectivity index (χ1n) is 9.61. The fraction of sp³-hybridized carbons (Fsp3) is 0.364. The molecule has 1 aromatic heterocycles. The van der Waals surface area contributed by atoms with E-state index in [2.05, 4.69) is 19.2 Å². The zero-order valence-electron chi connectivity index (χ0n) is 16.5. The van der Waals surface area contributed by atoms with Gasteiger partial charge in [-0.15, -0.1) is 0 Å². The molecular formula is C22H28ClN3O. The van der Waals surface area contributed by atoms with Gasteiger partial charge in [0.05, 0.1) is 23.5 Å². The zero-order valence-corrected chi connectivity index (χ0v) is 17.3. The number of benzene rings is 2. The van der Waals surface area contributed by atoms with Crippen molar-refractivity contribution in [3.63, 3.8) is 0 Å². The fourth-order valence-corrected chi connectivity index (χ4v) is 3.23. The minimum Gasteiger partial charge on any atom is -0.308 e. The first kappa shape index (κ1) is 21.1. The predicted molar refractivity (Wildman–Crippen MR) is 115 cm³/mol. The van der Waals surface area contributed by atoms with Crippen molar-refractivity contribution < 1.29 is 0 Å². The van der Waals surface area contributed by atoms with Crippen LogP contribution in [0.3, 0.4) is 0 Å². The minimum absolute atomic E-state index is 0.0183. The minimum atomic E-state index is -0.0307. The van der Waals surface area contributed by atoms with Crippen molar-refractivity contribution in [2.75, 3.05) is 6.54 Å². The molecule has 2 aromatic carbocycles. The van der Waals surface area contributed by atoms with Crippen molar-refractivity contribution in [3.8, 4) is 0 Å². The van der Waals surface area contributed by atoms with Crippen LogP contribution in [0.1, 0.15) is 51.5 Å². The summed E-state index contributed by atoms with van der Waals surface area (Å²) < 4.78 is 1.78. The summed E-state index contributed by atoms with van der Waals surface area (Å²) in [6.07, 6.45) is 0.848. The van der Waals surface area contributed by atoms with Crippen LogP contribution in [0.5, 0.6) is 0 Å². The van der Waals surface area contributed by atoms with Crippen molar-refractivity contribution in [3.05, 3.63) is 75.3 Å². The van der Waals surface area contributed by atoms with E-state index < -0.39 is 0 Å². The van der Waals surface area contributed by atoms with E-state index in [1.807, 2.05) is 44.2 Å². The van der Waals surface area contributed by atoms with E-state index in [9.17, 15) is 4.79 Å². The third-order valence-corrected chi connectivity index (χ3v) is 4.54. The highest BCUT2D eigenvalue weighted by atomic mass is 35.5. The van der Waals surface area contributed by atoms with Crippen LogP contribution < -0.4 is 10.9 Å². The van der Waals surface area contributed by atoms with Gasteiger partial charge in [-0.05, 0) is 36.7 Å². The Morgan fingerprint density at radius 1 is 1.11 bits per heavy atom. The van der Waals surface area contributed by atoms with Gasteiger partial charge < -0.3 is 5.32 Å². The van der Waals surface area contributed by atoms with Crippen molar-refractivity contribution in [2.24, 2.45) is 0 Å². The molecule has 0 aliphatic carbocycles. The molecule has 0 bridgehead atoms. The number of rotatable bonds is 6.